The van der Waals surface area contributed by atoms with E-state index in [-0.39, 0.29) is 12.8 Å². The number of carboxylic acid groups (broad SMARTS) is 1. The van der Waals surface area contributed by atoms with Crippen molar-refractivity contribution in [2.45, 2.75) is 206 Å². The number of carbonyl (C=O) groups is 3. The van der Waals surface area contributed by atoms with Crippen molar-refractivity contribution in [1.29, 1.82) is 0 Å². The molecular formula is C44H80NO10P. The van der Waals surface area contributed by atoms with Crippen molar-refractivity contribution < 1.29 is 47.8 Å². The van der Waals surface area contributed by atoms with Gasteiger partial charge in [0.25, 0.3) is 0 Å². The smallest absolute Gasteiger partial charge is 0.472 e. The predicted octanol–water partition coefficient (Wildman–Crippen LogP) is 11.2. The van der Waals surface area contributed by atoms with Gasteiger partial charge in [-0.3, -0.25) is 18.6 Å². The number of nitrogens with one attached hydrogen (secondary N) is 1. The van der Waals surface area contributed by atoms with Crippen LogP contribution in [0.3, 0.4) is 0 Å². The van der Waals surface area contributed by atoms with Gasteiger partial charge in [-0.05, 0) is 70.6 Å². The normalized spacial score (nSPS) is 14.1. The third-order valence-corrected chi connectivity index (χ3v) is 10.4. The molecule has 0 saturated heterocycles. The Morgan fingerprint density at radius 1 is 0.571 bits per heavy atom. The molecule has 56 heavy (non-hydrogen) atoms. The zero-order chi connectivity index (χ0) is 41.4. The van der Waals surface area contributed by atoms with Gasteiger partial charge in [-0.15, -0.1) is 0 Å². The SMILES string of the molecule is CCCCCC/C=C\C/C=C\CCCCCCCCCC(=O)OCC(O)COP(=O)(O)OCC(NC(=O)CCCCCCC/C=C\CCCCCCC)C(=O)O. The van der Waals surface area contributed by atoms with Gasteiger partial charge in [0, 0.05) is 12.8 Å². The molecule has 11 nitrogen and oxygen atoms in total. The molecular weight excluding hydrogens is 733 g/mol. The van der Waals surface area contributed by atoms with E-state index in [1.165, 1.54) is 83.5 Å². The molecule has 0 aromatic carbocycles. The van der Waals surface area contributed by atoms with E-state index in [9.17, 15) is 34.1 Å². The van der Waals surface area contributed by atoms with Crippen LogP contribution in [0.2, 0.25) is 0 Å². The highest BCUT2D eigenvalue weighted by atomic mass is 31.2. The summed E-state index contributed by atoms with van der Waals surface area (Å²) in [5.41, 5.74) is 0. The monoisotopic (exact) mass is 814 g/mol. The van der Waals surface area contributed by atoms with Crippen LogP contribution in [0.25, 0.3) is 0 Å². The van der Waals surface area contributed by atoms with Crippen LogP contribution in [-0.4, -0.2) is 64.9 Å². The van der Waals surface area contributed by atoms with Gasteiger partial charge in [0.2, 0.25) is 5.91 Å². The number of rotatable bonds is 41. The van der Waals surface area contributed by atoms with E-state index >= 15 is 0 Å². The summed E-state index contributed by atoms with van der Waals surface area (Å²) in [6, 6.07) is -1.55. The van der Waals surface area contributed by atoms with E-state index in [0.29, 0.717) is 12.8 Å². The fourth-order valence-corrected chi connectivity index (χ4v) is 6.70. The van der Waals surface area contributed by atoms with Crippen LogP contribution in [0.4, 0.5) is 0 Å². The number of amides is 1. The first-order chi connectivity index (χ1) is 27.1. The van der Waals surface area contributed by atoms with Crippen molar-refractivity contribution in [3.63, 3.8) is 0 Å². The molecule has 4 N–H and O–H groups in total. The molecule has 0 aliphatic heterocycles. The molecule has 326 valence electrons. The van der Waals surface area contributed by atoms with Crippen LogP contribution >= 0.6 is 7.82 Å². The van der Waals surface area contributed by atoms with E-state index in [1.807, 2.05) is 0 Å². The summed E-state index contributed by atoms with van der Waals surface area (Å²) in [4.78, 5) is 45.9. The molecule has 0 aromatic heterocycles. The first-order valence-electron chi connectivity index (χ1n) is 22.0. The highest BCUT2D eigenvalue weighted by Crippen LogP contribution is 2.43. The first-order valence-corrected chi connectivity index (χ1v) is 23.5. The summed E-state index contributed by atoms with van der Waals surface area (Å²) in [7, 11) is -4.76. The van der Waals surface area contributed by atoms with Gasteiger partial charge in [-0.25, -0.2) is 9.36 Å². The molecule has 3 unspecified atom stereocenters. The number of aliphatic hydroxyl groups excluding tert-OH is 1. The molecule has 1 amide bonds. The fourth-order valence-electron chi connectivity index (χ4n) is 5.93. The summed E-state index contributed by atoms with van der Waals surface area (Å²) in [6.07, 6.45) is 41.6. The number of hydrogen-bond donors (Lipinski definition) is 4. The van der Waals surface area contributed by atoms with Gasteiger partial charge in [0.05, 0.1) is 13.2 Å². The number of unbranched alkanes of at least 4 members (excludes halogenated alkanes) is 21. The number of ether oxygens (including phenoxy) is 1. The maximum absolute atomic E-state index is 12.3. The summed E-state index contributed by atoms with van der Waals surface area (Å²) in [6.45, 7) is 2.55. The van der Waals surface area contributed by atoms with Gasteiger partial charge in [-0.2, -0.15) is 0 Å². The van der Waals surface area contributed by atoms with Crippen molar-refractivity contribution in [2.24, 2.45) is 0 Å². The second-order valence-corrected chi connectivity index (χ2v) is 16.3. The Bertz CT molecular complexity index is 1100. The molecule has 0 heterocycles. The fraction of sp³-hybridized carbons (Fsp3) is 0.795. The lowest BCUT2D eigenvalue weighted by Gasteiger charge is -2.18. The van der Waals surface area contributed by atoms with Crippen molar-refractivity contribution >= 4 is 25.7 Å². The van der Waals surface area contributed by atoms with Crippen LogP contribution in [0.15, 0.2) is 36.5 Å². The van der Waals surface area contributed by atoms with Crippen molar-refractivity contribution in [2.75, 3.05) is 19.8 Å². The van der Waals surface area contributed by atoms with E-state index in [0.717, 1.165) is 70.6 Å². The van der Waals surface area contributed by atoms with Gasteiger partial charge in [0.15, 0.2) is 6.04 Å². The number of phosphoric acid groups is 1. The highest BCUT2D eigenvalue weighted by molar-refractivity contribution is 7.47. The maximum Gasteiger partial charge on any atom is 0.472 e. The number of carbonyl (C=O) groups excluding carboxylic acids is 2. The molecule has 0 spiro atoms. The number of phosphoric ester groups is 1. The zero-order valence-electron chi connectivity index (χ0n) is 35.2. The van der Waals surface area contributed by atoms with Crippen LogP contribution in [0.5, 0.6) is 0 Å². The largest absolute Gasteiger partial charge is 0.480 e. The number of allylic oxidation sites excluding steroid dienone is 6. The molecule has 0 bridgehead atoms. The summed E-state index contributed by atoms with van der Waals surface area (Å²) < 4.78 is 26.8. The van der Waals surface area contributed by atoms with Gasteiger partial charge in [0.1, 0.15) is 12.7 Å². The molecule has 0 saturated carbocycles. The number of aliphatic hydroxyl groups is 1. The molecule has 3 atom stereocenters. The maximum atomic E-state index is 12.3. The minimum absolute atomic E-state index is 0.135. The molecule has 0 aliphatic carbocycles. The summed E-state index contributed by atoms with van der Waals surface area (Å²) in [5.74, 6) is -2.39. The Balaban J connectivity index is 3.91. The van der Waals surface area contributed by atoms with E-state index in [1.54, 1.807) is 0 Å². The standard InChI is InChI=1S/C44H80NO10P/c1-3-5-7-9-11-13-15-17-19-20-21-22-24-26-28-30-32-34-36-43(48)53-37-40(46)38-54-56(51,52)55-39-41(44(49)50)45-42(47)35-33-31-29-27-25-23-18-16-14-12-10-8-6-4-2/h13,15-16,18-20,40-41,46H,3-12,14,17,21-39H2,1-2H3,(H,45,47)(H,49,50)(H,51,52)/b15-13-,18-16-,20-19-. The number of carboxylic acids is 1. The number of aliphatic carboxylic acids is 1. The minimum atomic E-state index is -4.76. The van der Waals surface area contributed by atoms with Crippen LogP contribution in [0, 0.1) is 0 Å². The second kappa shape index (κ2) is 39.5. The number of hydrogen-bond acceptors (Lipinski definition) is 8. The number of esters is 1. The molecule has 0 rings (SSSR count). The molecule has 0 aliphatic rings. The van der Waals surface area contributed by atoms with Crippen molar-refractivity contribution in [1.82, 2.24) is 5.32 Å². The quantitative estimate of drug-likeness (QED) is 0.0202. The molecule has 0 radical (unpaired) electrons. The van der Waals surface area contributed by atoms with Crippen LogP contribution < -0.4 is 5.32 Å². The highest BCUT2D eigenvalue weighted by Gasteiger charge is 2.28. The predicted molar refractivity (Wildman–Crippen MR) is 226 cm³/mol. The van der Waals surface area contributed by atoms with Crippen LogP contribution in [-0.2, 0) is 32.7 Å². The van der Waals surface area contributed by atoms with Gasteiger partial charge < -0.3 is 25.2 Å². The minimum Gasteiger partial charge on any atom is -0.480 e. The topological polar surface area (TPSA) is 169 Å². The molecule has 0 aromatic rings. The molecule has 0 fully saturated rings. The van der Waals surface area contributed by atoms with Gasteiger partial charge in [-0.1, -0.05) is 147 Å². The Kier molecular flexibility index (Phi) is 37.9. The lowest BCUT2D eigenvalue weighted by molar-refractivity contribution is -0.147. The first kappa shape index (κ1) is 53.7. The third-order valence-electron chi connectivity index (χ3n) is 9.40. The van der Waals surface area contributed by atoms with E-state index in [2.05, 4.69) is 55.6 Å². The Morgan fingerprint density at radius 3 is 1.48 bits per heavy atom. The van der Waals surface area contributed by atoms with E-state index in [4.69, 9.17) is 13.8 Å². The Hall–Kier alpha value is -2.30. The van der Waals surface area contributed by atoms with Crippen molar-refractivity contribution in [3.8, 4) is 0 Å². The summed E-state index contributed by atoms with van der Waals surface area (Å²) >= 11 is 0. The summed E-state index contributed by atoms with van der Waals surface area (Å²) in [5, 5.41) is 21.8. The van der Waals surface area contributed by atoms with Gasteiger partial charge >= 0.3 is 19.8 Å². The Morgan fingerprint density at radius 2 is 0.982 bits per heavy atom. The van der Waals surface area contributed by atoms with Crippen LogP contribution in [0.1, 0.15) is 194 Å². The third kappa shape index (κ3) is 38.6. The zero-order valence-corrected chi connectivity index (χ0v) is 36.1. The average molecular weight is 814 g/mol. The lowest BCUT2D eigenvalue weighted by Crippen LogP contribution is -2.43. The molecule has 12 heteroatoms. The Labute approximate surface area is 340 Å². The van der Waals surface area contributed by atoms with Crippen molar-refractivity contribution in [3.05, 3.63) is 36.5 Å². The average Bonchev–Trinajstić information content (AvgIpc) is 3.17. The lowest BCUT2D eigenvalue weighted by atomic mass is 10.1. The van der Waals surface area contributed by atoms with E-state index < -0.39 is 57.6 Å². The second-order valence-electron chi connectivity index (χ2n) is 14.9.